The number of hydrogen-bond donors (Lipinski definition) is 2. The minimum absolute atomic E-state index is 0.120. The lowest BCUT2D eigenvalue weighted by molar-refractivity contribution is -0.921. The van der Waals surface area contributed by atoms with E-state index in [0.717, 1.165) is 38.4 Å². The van der Waals surface area contributed by atoms with E-state index in [1.54, 1.807) is 12.1 Å². The van der Waals surface area contributed by atoms with Gasteiger partial charge in [0.15, 0.2) is 11.5 Å². The summed E-state index contributed by atoms with van der Waals surface area (Å²) in [7, 11) is 0. The minimum Gasteiger partial charge on any atom is -0.490 e. The predicted octanol–water partition coefficient (Wildman–Crippen LogP) is 2.47. The quantitative estimate of drug-likeness (QED) is 0.612. The van der Waals surface area contributed by atoms with E-state index in [2.05, 4.69) is 37.4 Å². The number of carbonyl (C=O) groups is 1. The van der Waals surface area contributed by atoms with E-state index in [1.807, 2.05) is 19.1 Å². The van der Waals surface area contributed by atoms with Gasteiger partial charge in [0.05, 0.1) is 26.4 Å². The highest BCUT2D eigenvalue weighted by Gasteiger charge is 2.17. The van der Waals surface area contributed by atoms with Crippen LogP contribution in [-0.4, -0.2) is 45.4 Å². The molecule has 168 valence electrons. The Labute approximate surface area is 185 Å². The van der Waals surface area contributed by atoms with Gasteiger partial charge in [-0.3, -0.25) is 4.79 Å². The summed E-state index contributed by atoms with van der Waals surface area (Å²) in [6.45, 7) is 12.3. The van der Waals surface area contributed by atoms with Crippen LogP contribution in [0.5, 0.6) is 11.5 Å². The van der Waals surface area contributed by atoms with E-state index in [0.29, 0.717) is 42.7 Å². The van der Waals surface area contributed by atoms with Crippen LogP contribution in [0.25, 0.3) is 0 Å². The van der Waals surface area contributed by atoms with Crippen molar-refractivity contribution in [1.29, 1.82) is 0 Å². The fraction of sp³-hybridized carbons (Fsp3) is 0.480. The van der Waals surface area contributed by atoms with Crippen LogP contribution < -0.4 is 19.7 Å². The third kappa shape index (κ3) is 6.97. The smallest absolute Gasteiger partial charge is 0.251 e. The number of amides is 1. The van der Waals surface area contributed by atoms with Crippen molar-refractivity contribution in [3.05, 3.63) is 59.2 Å². The van der Waals surface area contributed by atoms with Crippen molar-refractivity contribution >= 4 is 5.91 Å². The van der Waals surface area contributed by atoms with Crippen molar-refractivity contribution in [2.75, 3.05) is 39.5 Å². The Balaban J connectivity index is 1.64. The summed E-state index contributed by atoms with van der Waals surface area (Å²) in [5.41, 5.74) is 2.99. The van der Waals surface area contributed by atoms with Crippen LogP contribution in [0.2, 0.25) is 0 Å². The lowest BCUT2D eigenvalue weighted by Gasteiger charge is -2.24. The first-order valence-electron chi connectivity index (χ1n) is 11.2. The number of ether oxygens (including phenoxy) is 3. The summed E-state index contributed by atoms with van der Waals surface area (Å²) in [5, 5.41) is 3.06. The molecule has 2 aromatic carbocycles. The van der Waals surface area contributed by atoms with E-state index >= 15 is 0 Å². The summed E-state index contributed by atoms with van der Waals surface area (Å²) in [6.07, 6.45) is 0. The van der Waals surface area contributed by atoms with Gasteiger partial charge < -0.3 is 24.4 Å². The Morgan fingerprint density at radius 3 is 2.52 bits per heavy atom. The third-order valence-corrected chi connectivity index (χ3v) is 5.28. The molecule has 0 radical (unpaired) electrons. The predicted molar refractivity (Wildman–Crippen MR) is 121 cm³/mol. The standard InChI is InChI=1S/C25H34N2O4/c1-4-30-24-15-20(9-10-23(24)31-18-19(2)3)25(28)26-16-21-7-5-6-8-22(21)17-27-11-13-29-14-12-27/h5-10,15,19H,4,11-14,16-18H2,1-3H3,(H,26,28)/p+1. The largest absolute Gasteiger partial charge is 0.490 e. The van der Waals surface area contributed by atoms with E-state index in [-0.39, 0.29) is 5.91 Å². The highest BCUT2D eigenvalue weighted by molar-refractivity contribution is 5.94. The molecule has 0 spiro atoms. The van der Waals surface area contributed by atoms with Gasteiger partial charge in [-0.05, 0) is 36.6 Å². The number of benzene rings is 2. The Kier molecular flexibility index (Phi) is 8.74. The van der Waals surface area contributed by atoms with Gasteiger partial charge in [0.2, 0.25) is 0 Å². The van der Waals surface area contributed by atoms with Crippen LogP contribution in [0.3, 0.4) is 0 Å². The van der Waals surface area contributed by atoms with Gasteiger partial charge in [-0.25, -0.2) is 0 Å². The van der Waals surface area contributed by atoms with Gasteiger partial charge in [-0.2, -0.15) is 0 Å². The minimum atomic E-state index is -0.120. The molecule has 1 fully saturated rings. The zero-order valence-electron chi connectivity index (χ0n) is 18.9. The molecule has 6 nitrogen and oxygen atoms in total. The first-order valence-corrected chi connectivity index (χ1v) is 11.2. The molecule has 0 bridgehead atoms. The van der Waals surface area contributed by atoms with Crippen molar-refractivity contribution in [3.63, 3.8) is 0 Å². The lowest BCUT2D eigenvalue weighted by Crippen LogP contribution is -3.12. The number of quaternary nitrogens is 1. The van der Waals surface area contributed by atoms with Crippen LogP contribution in [0, 0.1) is 5.92 Å². The molecule has 31 heavy (non-hydrogen) atoms. The molecule has 1 aliphatic heterocycles. The molecule has 0 aromatic heterocycles. The first-order chi connectivity index (χ1) is 15.1. The number of rotatable bonds is 10. The summed E-state index contributed by atoms with van der Waals surface area (Å²) >= 11 is 0. The normalized spacial score (nSPS) is 14.5. The molecule has 1 saturated heterocycles. The van der Waals surface area contributed by atoms with Gasteiger partial charge in [-0.15, -0.1) is 0 Å². The molecule has 2 N–H and O–H groups in total. The van der Waals surface area contributed by atoms with Crippen molar-refractivity contribution in [2.45, 2.75) is 33.9 Å². The second-order valence-electron chi connectivity index (χ2n) is 8.29. The topological polar surface area (TPSA) is 61.2 Å². The maximum atomic E-state index is 12.8. The average molecular weight is 428 g/mol. The number of morpholine rings is 1. The molecule has 0 saturated carbocycles. The molecule has 1 heterocycles. The zero-order valence-corrected chi connectivity index (χ0v) is 18.9. The highest BCUT2D eigenvalue weighted by Crippen LogP contribution is 2.29. The monoisotopic (exact) mass is 427 g/mol. The molecule has 3 rings (SSSR count). The van der Waals surface area contributed by atoms with Crippen molar-refractivity contribution < 1.29 is 23.9 Å². The second-order valence-corrected chi connectivity index (χ2v) is 8.29. The van der Waals surface area contributed by atoms with Crippen molar-refractivity contribution in [1.82, 2.24) is 5.32 Å². The third-order valence-electron chi connectivity index (χ3n) is 5.28. The van der Waals surface area contributed by atoms with E-state index < -0.39 is 0 Å². The first kappa shape index (κ1) is 23.1. The summed E-state index contributed by atoms with van der Waals surface area (Å²) in [4.78, 5) is 14.3. The fourth-order valence-corrected chi connectivity index (χ4v) is 3.58. The second kappa shape index (κ2) is 11.7. The summed E-state index contributed by atoms with van der Waals surface area (Å²) in [6, 6.07) is 13.7. The van der Waals surface area contributed by atoms with Crippen LogP contribution in [0.15, 0.2) is 42.5 Å². The maximum Gasteiger partial charge on any atom is 0.251 e. The molecule has 0 unspecified atom stereocenters. The molecular formula is C25H35N2O4+. The molecular weight excluding hydrogens is 392 g/mol. The van der Waals surface area contributed by atoms with Crippen LogP contribution >= 0.6 is 0 Å². The van der Waals surface area contributed by atoms with Crippen LogP contribution in [0.4, 0.5) is 0 Å². The Morgan fingerprint density at radius 1 is 1.06 bits per heavy atom. The SMILES string of the molecule is CCOc1cc(C(=O)NCc2ccccc2C[NH+]2CCOCC2)ccc1OCC(C)C. The highest BCUT2D eigenvalue weighted by atomic mass is 16.5. The number of nitrogens with one attached hydrogen (secondary N) is 2. The van der Waals surface area contributed by atoms with Crippen LogP contribution in [0.1, 0.15) is 42.3 Å². The molecule has 1 amide bonds. The fourth-order valence-electron chi connectivity index (χ4n) is 3.58. The molecule has 0 atom stereocenters. The summed E-state index contributed by atoms with van der Waals surface area (Å²) in [5.74, 6) is 1.57. The number of hydrogen-bond acceptors (Lipinski definition) is 4. The van der Waals surface area contributed by atoms with Crippen LogP contribution in [-0.2, 0) is 17.8 Å². The van der Waals surface area contributed by atoms with Crippen molar-refractivity contribution in [2.24, 2.45) is 5.92 Å². The molecule has 1 aliphatic rings. The van der Waals surface area contributed by atoms with Gasteiger partial charge >= 0.3 is 0 Å². The van der Waals surface area contributed by atoms with E-state index in [4.69, 9.17) is 14.2 Å². The van der Waals surface area contributed by atoms with E-state index in [9.17, 15) is 4.79 Å². The maximum absolute atomic E-state index is 12.8. The lowest BCUT2D eigenvalue weighted by atomic mass is 10.1. The number of carbonyl (C=O) groups excluding carboxylic acids is 1. The Morgan fingerprint density at radius 2 is 1.81 bits per heavy atom. The van der Waals surface area contributed by atoms with Gasteiger partial charge in [0, 0.05) is 17.7 Å². The van der Waals surface area contributed by atoms with Gasteiger partial charge in [0.25, 0.3) is 5.91 Å². The zero-order chi connectivity index (χ0) is 22.1. The Bertz CT molecular complexity index is 847. The van der Waals surface area contributed by atoms with Crippen molar-refractivity contribution in [3.8, 4) is 11.5 Å². The summed E-state index contributed by atoms with van der Waals surface area (Å²) < 4.78 is 17.0. The van der Waals surface area contributed by atoms with Gasteiger partial charge in [0.1, 0.15) is 19.6 Å². The molecule has 0 aliphatic carbocycles. The molecule has 6 heteroatoms. The average Bonchev–Trinajstić information content (AvgIpc) is 2.78. The molecule has 2 aromatic rings. The Hall–Kier alpha value is -2.57. The van der Waals surface area contributed by atoms with E-state index in [1.165, 1.54) is 10.5 Å². The van der Waals surface area contributed by atoms with Gasteiger partial charge in [-0.1, -0.05) is 38.1 Å².